The number of aromatic nitrogens is 4. The van der Waals surface area contributed by atoms with Crippen LogP contribution in [0.2, 0.25) is 0 Å². The minimum atomic E-state index is -4.08. The molecule has 0 aliphatic heterocycles. The summed E-state index contributed by atoms with van der Waals surface area (Å²) < 4.78 is 42.3. The van der Waals surface area contributed by atoms with Crippen molar-refractivity contribution >= 4 is 27.9 Å². The lowest BCUT2D eigenvalue weighted by molar-refractivity contribution is -0.153. The number of hydrogen-bond donors (Lipinski definition) is 1. The van der Waals surface area contributed by atoms with E-state index in [4.69, 9.17) is 9.47 Å². The molecular formula is C32H38N6O6S. The van der Waals surface area contributed by atoms with Crippen molar-refractivity contribution < 1.29 is 27.5 Å². The molecule has 1 unspecified atom stereocenters. The van der Waals surface area contributed by atoms with Gasteiger partial charge >= 0.3 is 12.1 Å². The third-order valence-corrected chi connectivity index (χ3v) is 7.45. The monoisotopic (exact) mass is 634 g/mol. The third kappa shape index (κ3) is 9.68. The number of benzene rings is 1. The maximum atomic E-state index is 13.4. The van der Waals surface area contributed by atoms with Crippen molar-refractivity contribution in [2.45, 2.75) is 70.2 Å². The van der Waals surface area contributed by atoms with Crippen LogP contribution in [0.5, 0.6) is 0 Å². The van der Waals surface area contributed by atoms with Crippen molar-refractivity contribution in [3.05, 3.63) is 96.6 Å². The maximum absolute atomic E-state index is 13.4. The fourth-order valence-electron chi connectivity index (χ4n) is 4.25. The molecule has 4 aromatic rings. The topological polar surface area (TPSA) is 146 Å². The Morgan fingerprint density at radius 2 is 1.60 bits per heavy atom. The summed E-state index contributed by atoms with van der Waals surface area (Å²) in [6.07, 6.45) is 4.30. The number of nitrogens with one attached hydrogen (secondary N) is 1. The van der Waals surface area contributed by atoms with Gasteiger partial charge < -0.3 is 9.47 Å². The Hall–Kier alpha value is -4.62. The molecule has 0 aliphatic rings. The van der Waals surface area contributed by atoms with Gasteiger partial charge in [0.2, 0.25) is 0 Å². The van der Waals surface area contributed by atoms with Crippen LogP contribution in [0.3, 0.4) is 0 Å². The highest BCUT2D eigenvalue weighted by Gasteiger charge is 2.30. The van der Waals surface area contributed by atoms with Gasteiger partial charge in [0.05, 0.1) is 17.4 Å². The molecule has 0 bridgehead atoms. The second-order valence-electron chi connectivity index (χ2n) is 12.2. The van der Waals surface area contributed by atoms with Gasteiger partial charge in [0, 0.05) is 18.6 Å². The molecule has 3 heterocycles. The first kappa shape index (κ1) is 33.3. The molecule has 238 valence electrons. The number of pyridine rings is 2. The molecule has 0 radical (unpaired) electrons. The van der Waals surface area contributed by atoms with Crippen LogP contribution in [0.25, 0.3) is 5.69 Å². The van der Waals surface area contributed by atoms with Gasteiger partial charge in [0.1, 0.15) is 23.6 Å². The van der Waals surface area contributed by atoms with Gasteiger partial charge in [-0.15, -0.1) is 0 Å². The average Bonchev–Trinajstić information content (AvgIpc) is 3.50. The first-order valence-corrected chi connectivity index (χ1v) is 15.8. The molecule has 1 N–H and O–H groups in total. The van der Waals surface area contributed by atoms with E-state index in [1.165, 1.54) is 12.3 Å². The number of ether oxygens (including phenoxy) is 2. The number of hydrogen-bond acceptors (Lipinski definition) is 9. The minimum Gasteiger partial charge on any atom is -0.459 e. The smallest absolute Gasteiger partial charge is 0.416 e. The van der Waals surface area contributed by atoms with E-state index < -0.39 is 45.9 Å². The first-order valence-electron chi connectivity index (χ1n) is 14.3. The highest BCUT2D eigenvalue weighted by molar-refractivity contribution is 7.89. The van der Waals surface area contributed by atoms with Crippen LogP contribution in [0, 0.1) is 0 Å². The summed E-state index contributed by atoms with van der Waals surface area (Å²) in [6.45, 7) is 9.83. The van der Waals surface area contributed by atoms with Gasteiger partial charge in [0.15, 0.2) is 5.03 Å². The highest BCUT2D eigenvalue weighted by Crippen LogP contribution is 2.25. The summed E-state index contributed by atoms with van der Waals surface area (Å²) in [6, 6.07) is 17.9. The zero-order chi connectivity index (χ0) is 32.8. The Labute approximate surface area is 263 Å². The van der Waals surface area contributed by atoms with E-state index in [1.807, 2.05) is 36.5 Å². The fourth-order valence-corrected chi connectivity index (χ4v) is 5.40. The molecule has 0 aliphatic carbocycles. The van der Waals surface area contributed by atoms with Gasteiger partial charge in [-0.25, -0.2) is 32.6 Å². The van der Waals surface area contributed by atoms with Crippen LogP contribution in [0.4, 0.5) is 10.6 Å². The highest BCUT2D eigenvalue weighted by atomic mass is 32.2. The normalized spacial score (nSPS) is 12.8. The Bertz CT molecular complexity index is 1700. The van der Waals surface area contributed by atoms with E-state index in [1.54, 1.807) is 82.8 Å². The Kier molecular flexibility index (Phi) is 10.0. The van der Waals surface area contributed by atoms with Crippen molar-refractivity contribution in [3.63, 3.8) is 0 Å². The second-order valence-corrected chi connectivity index (χ2v) is 13.9. The van der Waals surface area contributed by atoms with Crippen molar-refractivity contribution in [3.8, 4) is 5.69 Å². The molecule has 13 heteroatoms. The van der Waals surface area contributed by atoms with Gasteiger partial charge in [-0.2, -0.15) is 5.10 Å². The van der Waals surface area contributed by atoms with Gasteiger partial charge in [-0.1, -0.05) is 24.3 Å². The van der Waals surface area contributed by atoms with E-state index in [2.05, 4.69) is 19.8 Å². The predicted molar refractivity (Wildman–Crippen MR) is 168 cm³/mol. The van der Waals surface area contributed by atoms with Crippen molar-refractivity contribution in [1.29, 1.82) is 0 Å². The van der Waals surface area contributed by atoms with E-state index >= 15 is 0 Å². The first-order chi connectivity index (χ1) is 21.1. The molecule has 0 spiro atoms. The maximum Gasteiger partial charge on any atom is 0.416 e. The molecule has 12 nitrogen and oxygen atoms in total. The van der Waals surface area contributed by atoms with Crippen LogP contribution in [0.1, 0.15) is 58.8 Å². The van der Waals surface area contributed by atoms with E-state index in [0.717, 1.165) is 16.2 Å². The molecule has 0 fully saturated rings. The van der Waals surface area contributed by atoms with Gasteiger partial charge in [-0.05, 0) is 96.0 Å². The molecule has 3 aromatic heterocycles. The molecule has 45 heavy (non-hydrogen) atoms. The SMILES string of the molecule is CC(C)(C)OC(=O)CN(C(=O)OC(C)(C)C)c1cccc(C(Cc2ccc(-n3cccn3)cc2)NS(=O)(=O)c2ccccn2)n1. The fraction of sp³-hybridized carbons (Fsp3) is 0.344. The molecule has 1 amide bonds. The lowest BCUT2D eigenvalue weighted by Gasteiger charge is -2.28. The Morgan fingerprint density at radius 3 is 2.20 bits per heavy atom. The number of amides is 1. The van der Waals surface area contributed by atoms with Crippen LogP contribution in [0.15, 0.2) is 90.3 Å². The van der Waals surface area contributed by atoms with E-state index in [0.29, 0.717) is 5.69 Å². The quantitative estimate of drug-likeness (QED) is 0.238. The van der Waals surface area contributed by atoms with Crippen LogP contribution in [-0.4, -0.2) is 58.0 Å². The zero-order valence-corrected chi connectivity index (χ0v) is 27.0. The minimum absolute atomic E-state index is 0.0867. The largest absolute Gasteiger partial charge is 0.459 e. The van der Waals surface area contributed by atoms with Crippen molar-refractivity contribution in [2.24, 2.45) is 0 Å². The summed E-state index contributed by atoms with van der Waals surface area (Å²) in [5, 5.41) is 4.09. The third-order valence-electron chi connectivity index (χ3n) is 6.07. The summed E-state index contributed by atoms with van der Waals surface area (Å²) in [5.74, 6) is -0.575. The molecule has 1 atom stereocenters. The number of nitrogens with zero attached hydrogens (tertiary/aromatic N) is 5. The predicted octanol–water partition coefficient (Wildman–Crippen LogP) is 5.01. The Balaban J connectivity index is 1.71. The van der Waals surface area contributed by atoms with Crippen molar-refractivity contribution in [1.82, 2.24) is 24.5 Å². The number of sulfonamides is 1. The second kappa shape index (κ2) is 13.6. The van der Waals surface area contributed by atoms with Crippen molar-refractivity contribution in [2.75, 3.05) is 11.4 Å². The number of anilines is 1. The number of carbonyl (C=O) groups is 2. The molecular weight excluding hydrogens is 596 g/mol. The standard InChI is InChI=1S/C32H38N6O6S/c1-31(2,3)43-29(39)22-37(30(40)44-32(4,5)6)27-12-9-11-25(35-27)26(36-45(41,42)28-13-7-8-18-33-28)21-23-14-16-24(17-15-23)38-20-10-19-34-38/h7-20,26,36H,21-22H2,1-6H3. The lowest BCUT2D eigenvalue weighted by atomic mass is 10.0. The summed E-state index contributed by atoms with van der Waals surface area (Å²) in [4.78, 5) is 35.9. The molecule has 1 aromatic carbocycles. The Morgan fingerprint density at radius 1 is 0.889 bits per heavy atom. The van der Waals surface area contributed by atoms with Gasteiger partial charge in [-0.3, -0.25) is 9.69 Å². The van der Waals surface area contributed by atoms with E-state index in [-0.39, 0.29) is 17.3 Å². The molecule has 0 saturated carbocycles. The summed E-state index contributed by atoms with van der Waals surface area (Å²) in [5.41, 5.74) is 0.313. The number of rotatable bonds is 10. The number of carbonyl (C=O) groups excluding carboxylic acids is 2. The lowest BCUT2D eigenvalue weighted by Crippen LogP contribution is -2.42. The molecule has 0 saturated heterocycles. The van der Waals surface area contributed by atoms with Crippen LogP contribution < -0.4 is 9.62 Å². The number of esters is 1. The van der Waals surface area contributed by atoms with Crippen LogP contribution >= 0.6 is 0 Å². The van der Waals surface area contributed by atoms with E-state index in [9.17, 15) is 18.0 Å². The molecule has 4 rings (SSSR count). The van der Waals surface area contributed by atoms with Gasteiger partial charge in [0.25, 0.3) is 10.0 Å². The van der Waals surface area contributed by atoms with Crippen LogP contribution in [-0.2, 0) is 30.7 Å². The average molecular weight is 635 g/mol. The zero-order valence-electron chi connectivity index (χ0n) is 26.2. The summed E-state index contributed by atoms with van der Waals surface area (Å²) in [7, 11) is -4.08. The summed E-state index contributed by atoms with van der Waals surface area (Å²) >= 11 is 0.